The zero-order chi connectivity index (χ0) is 7.84. The number of nitrogens with zero attached hydrogens (tertiary/aromatic N) is 1. The number of thiazole rings is 1. The van der Waals surface area contributed by atoms with Gasteiger partial charge in [-0.25, -0.2) is 4.98 Å². The van der Waals surface area contributed by atoms with E-state index in [1.165, 1.54) is 0 Å². The van der Waals surface area contributed by atoms with Crippen LogP contribution in [0.5, 0.6) is 5.75 Å². The summed E-state index contributed by atoms with van der Waals surface area (Å²) in [6.07, 6.45) is 0. The van der Waals surface area contributed by atoms with Gasteiger partial charge in [0.2, 0.25) is 0 Å². The summed E-state index contributed by atoms with van der Waals surface area (Å²) in [4.78, 5) is 4.17. The first-order chi connectivity index (χ1) is 5.27. The molecule has 0 amide bonds. The molecule has 0 saturated heterocycles. The number of phenols is 1. The number of rotatable bonds is 0. The Balaban J connectivity index is 2.91. The number of fused-ring (bicyclic) bond motifs is 1. The topological polar surface area (TPSA) is 33.1 Å². The molecule has 0 bridgehead atoms. The van der Waals surface area contributed by atoms with Crippen LogP contribution in [-0.4, -0.2) is 10.1 Å². The minimum absolute atomic E-state index is 0.319. The van der Waals surface area contributed by atoms with Gasteiger partial charge >= 0.3 is 0 Å². The quantitative estimate of drug-likeness (QED) is 0.649. The number of aromatic hydroxyl groups is 1. The largest absolute Gasteiger partial charge is 0.508 e. The maximum absolute atomic E-state index is 9.21. The zero-order valence-corrected chi connectivity index (χ0v) is 6.85. The van der Waals surface area contributed by atoms with Crippen LogP contribution in [0, 0.1) is 6.92 Å². The molecule has 0 aliphatic rings. The highest BCUT2D eigenvalue weighted by Crippen LogP contribution is 2.25. The number of aryl methyl sites for hydroxylation is 1. The van der Waals surface area contributed by atoms with Gasteiger partial charge in [-0.15, -0.1) is 11.3 Å². The summed E-state index contributed by atoms with van der Waals surface area (Å²) in [5.41, 5.74) is 3.81. The van der Waals surface area contributed by atoms with Crippen LogP contribution in [0.4, 0.5) is 0 Å². The molecular formula is C8H7NOS. The molecule has 1 N–H and O–H groups in total. The molecular weight excluding hydrogens is 158 g/mol. The number of aromatic nitrogens is 1. The van der Waals surface area contributed by atoms with Crippen molar-refractivity contribution in [3.05, 3.63) is 23.2 Å². The molecule has 56 valence electrons. The maximum atomic E-state index is 9.21. The molecule has 11 heavy (non-hydrogen) atoms. The summed E-state index contributed by atoms with van der Waals surface area (Å²) in [7, 11) is 0. The highest BCUT2D eigenvalue weighted by atomic mass is 32.1. The van der Waals surface area contributed by atoms with Crippen LogP contribution in [0.1, 0.15) is 5.56 Å². The fourth-order valence-corrected chi connectivity index (χ4v) is 1.91. The van der Waals surface area contributed by atoms with Crippen LogP contribution in [0.3, 0.4) is 0 Å². The summed E-state index contributed by atoms with van der Waals surface area (Å²) in [5, 5.41) is 9.21. The minimum Gasteiger partial charge on any atom is -0.508 e. The van der Waals surface area contributed by atoms with Gasteiger partial charge in [0.05, 0.1) is 15.7 Å². The third-order valence-corrected chi connectivity index (χ3v) is 2.39. The Morgan fingerprint density at radius 1 is 1.45 bits per heavy atom. The van der Waals surface area contributed by atoms with Crippen molar-refractivity contribution in [2.45, 2.75) is 6.92 Å². The number of hydrogen-bond donors (Lipinski definition) is 1. The molecule has 0 unspecified atom stereocenters. The normalized spacial score (nSPS) is 10.6. The Kier molecular flexibility index (Phi) is 1.32. The summed E-state index contributed by atoms with van der Waals surface area (Å²) < 4.78 is 1.04. The van der Waals surface area contributed by atoms with E-state index in [2.05, 4.69) is 4.98 Å². The first kappa shape index (κ1) is 6.61. The fraction of sp³-hybridized carbons (Fsp3) is 0.125. The van der Waals surface area contributed by atoms with Crippen LogP contribution in [0.25, 0.3) is 10.2 Å². The number of hydrogen-bond acceptors (Lipinski definition) is 3. The molecule has 2 aromatic rings. The number of phenolic OH excluding ortho intramolecular Hbond substituents is 1. The van der Waals surface area contributed by atoms with Crippen molar-refractivity contribution < 1.29 is 5.11 Å². The molecule has 1 aromatic carbocycles. The lowest BCUT2D eigenvalue weighted by atomic mass is 10.2. The van der Waals surface area contributed by atoms with Crippen LogP contribution in [0.15, 0.2) is 17.6 Å². The van der Waals surface area contributed by atoms with Crippen molar-refractivity contribution in [3.8, 4) is 5.75 Å². The van der Waals surface area contributed by atoms with E-state index in [9.17, 15) is 5.11 Å². The van der Waals surface area contributed by atoms with Crippen molar-refractivity contribution >= 4 is 21.6 Å². The molecule has 0 radical (unpaired) electrons. The average molecular weight is 165 g/mol. The lowest BCUT2D eigenvalue weighted by Crippen LogP contribution is -1.74. The second kappa shape index (κ2) is 2.20. The molecule has 0 spiro atoms. The van der Waals surface area contributed by atoms with Crippen molar-refractivity contribution in [2.75, 3.05) is 0 Å². The summed E-state index contributed by atoms with van der Waals surface area (Å²) in [6, 6.07) is 3.46. The maximum Gasteiger partial charge on any atom is 0.117 e. The predicted molar refractivity (Wildman–Crippen MR) is 46.0 cm³/mol. The Morgan fingerprint density at radius 3 is 3.09 bits per heavy atom. The van der Waals surface area contributed by atoms with E-state index in [1.807, 2.05) is 6.92 Å². The van der Waals surface area contributed by atoms with E-state index in [0.29, 0.717) is 5.75 Å². The first-order valence-electron chi connectivity index (χ1n) is 3.30. The molecule has 0 fully saturated rings. The van der Waals surface area contributed by atoms with E-state index in [4.69, 9.17) is 0 Å². The van der Waals surface area contributed by atoms with Crippen molar-refractivity contribution in [1.29, 1.82) is 0 Å². The third kappa shape index (κ3) is 0.973. The van der Waals surface area contributed by atoms with Gasteiger partial charge in [-0.3, -0.25) is 0 Å². The van der Waals surface area contributed by atoms with Crippen molar-refractivity contribution in [2.24, 2.45) is 0 Å². The van der Waals surface area contributed by atoms with Crippen LogP contribution in [-0.2, 0) is 0 Å². The monoisotopic (exact) mass is 165 g/mol. The van der Waals surface area contributed by atoms with Gasteiger partial charge in [-0.1, -0.05) is 0 Å². The lowest BCUT2D eigenvalue weighted by Gasteiger charge is -1.94. The Bertz CT molecular complexity index is 394. The summed E-state index contributed by atoms with van der Waals surface area (Å²) in [6.45, 7) is 1.95. The van der Waals surface area contributed by atoms with Gasteiger partial charge < -0.3 is 5.11 Å². The smallest absolute Gasteiger partial charge is 0.117 e. The second-order valence-electron chi connectivity index (χ2n) is 2.46. The molecule has 2 nitrogen and oxygen atoms in total. The SMILES string of the molecule is Cc1cc(O)cc2scnc12. The molecule has 0 aliphatic heterocycles. The molecule has 1 aromatic heterocycles. The Hall–Kier alpha value is -1.09. The van der Waals surface area contributed by atoms with Gasteiger partial charge in [0.25, 0.3) is 0 Å². The molecule has 3 heteroatoms. The molecule has 2 rings (SSSR count). The summed E-state index contributed by atoms with van der Waals surface area (Å²) >= 11 is 1.54. The third-order valence-electron chi connectivity index (χ3n) is 1.61. The van der Waals surface area contributed by atoms with Gasteiger partial charge in [-0.05, 0) is 24.6 Å². The standard InChI is InChI=1S/C8H7NOS/c1-5-2-6(10)3-7-8(5)9-4-11-7/h2-4,10H,1H3. The highest BCUT2D eigenvalue weighted by Gasteiger charge is 2.01. The fourth-order valence-electron chi connectivity index (χ4n) is 1.12. The summed E-state index contributed by atoms with van der Waals surface area (Å²) in [5.74, 6) is 0.319. The predicted octanol–water partition coefficient (Wildman–Crippen LogP) is 2.31. The van der Waals surface area contributed by atoms with Crippen LogP contribution >= 0.6 is 11.3 Å². The number of benzene rings is 1. The van der Waals surface area contributed by atoms with E-state index in [1.54, 1.807) is 29.0 Å². The van der Waals surface area contributed by atoms with Crippen LogP contribution in [0.2, 0.25) is 0 Å². The van der Waals surface area contributed by atoms with Crippen molar-refractivity contribution in [3.63, 3.8) is 0 Å². The van der Waals surface area contributed by atoms with Gasteiger partial charge in [-0.2, -0.15) is 0 Å². The lowest BCUT2D eigenvalue weighted by molar-refractivity contribution is 0.476. The van der Waals surface area contributed by atoms with Gasteiger partial charge in [0.15, 0.2) is 0 Å². The van der Waals surface area contributed by atoms with E-state index < -0.39 is 0 Å². The van der Waals surface area contributed by atoms with Crippen molar-refractivity contribution in [1.82, 2.24) is 4.98 Å². The van der Waals surface area contributed by atoms with E-state index in [0.717, 1.165) is 15.8 Å². The second-order valence-corrected chi connectivity index (χ2v) is 3.35. The minimum atomic E-state index is 0.319. The van der Waals surface area contributed by atoms with E-state index in [-0.39, 0.29) is 0 Å². The average Bonchev–Trinajstić information content (AvgIpc) is 2.34. The molecule has 1 heterocycles. The van der Waals surface area contributed by atoms with Crippen LogP contribution < -0.4 is 0 Å². The van der Waals surface area contributed by atoms with E-state index >= 15 is 0 Å². The van der Waals surface area contributed by atoms with Gasteiger partial charge in [0.1, 0.15) is 5.75 Å². The molecule has 0 saturated carbocycles. The Morgan fingerprint density at radius 2 is 2.27 bits per heavy atom. The highest BCUT2D eigenvalue weighted by molar-refractivity contribution is 7.16. The van der Waals surface area contributed by atoms with Gasteiger partial charge in [0, 0.05) is 0 Å². The Labute approximate surface area is 68.1 Å². The molecule has 0 atom stereocenters. The zero-order valence-electron chi connectivity index (χ0n) is 6.03. The first-order valence-corrected chi connectivity index (χ1v) is 4.18. The molecule has 0 aliphatic carbocycles.